The molecule has 46 heavy (non-hydrogen) atoms. The largest absolute Gasteiger partial charge is 0.456 e. The van der Waals surface area contributed by atoms with Gasteiger partial charge in [-0.05, 0) is 90.3 Å². The summed E-state index contributed by atoms with van der Waals surface area (Å²) in [6.45, 7) is 2.18. The van der Waals surface area contributed by atoms with E-state index in [0.29, 0.717) is 0 Å². The van der Waals surface area contributed by atoms with Crippen LogP contribution in [0.25, 0.3) is 88.1 Å². The Morgan fingerprint density at radius 3 is 1.43 bits per heavy atom. The minimum absolute atomic E-state index is 0.890. The zero-order valence-corrected chi connectivity index (χ0v) is 25.2. The minimum atomic E-state index is 0.890. The molecule has 10 rings (SSSR count). The van der Waals surface area contributed by atoms with Gasteiger partial charge in [0.2, 0.25) is 0 Å². The molecule has 0 amide bonds. The van der Waals surface area contributed by atoms with Crippen LogP contribution in [0, 0.1) is 6.92 Å². The molecule has 0 bridgehead atoms. The number of para-hydroxylation sites is 3. The van der Waals surface area contributed by atoms with E-state index in [1.54, 1.807) is 0 Å². The van der Waals surface area contributed by atoms with Crippen molar-refractivity contribution in [1.29, 1.82) is 0 Å². The van der Waals surface area contributed by atoms with E-state index >= 15 is 0 Å². The third-order valence-corrected chi connectivity index (χ3v) is 9.66. The fourth-order valence-corrected chi connectivity index (χ4v) is 7.55. The Kier molecular flexibility index (Phi) is 5.20. The molecule has 0 aliphatic heterocycles. The van der Waals surface area contributed by atoms with Crippen LogP contribution in [0.5, 0.6) is 0 Å². The Morgan fingerprint density at radius 1 is 0.391 bits per heavy atom. The molecule has 0 fully saturated rings. The summed E-state index contributed by atoms with van der Waals surface area (Å²) in [5, 5.41) is 7.24. The maximum atomic E-state index is 6.40. The molecule has 0 spiro atoms. The number of aromatic nitrogens is 2. The summed E-state index contributed by atoms with van der Waals surface area (Å²) in [5.74, 6) is 0. The van der Waals surface area contributed by atoms with Crippen LogP contribution < -0.4 is 0 Å². The molecule has 0 radical (unpaired) electrons. The number of fused-ring (bicyclic) bond motifs is 9. The average molecular weight is 589 g/mol. The Labute approximate surface area is 265 Å². The first kappa shape index (κ1) is 25.3. The summed E-state index contributed by atoms with van der Waals surface area (Å²) in [6.07, 6.45) is 0. The Bertz CT molecular complexity index is 2770. The topological polar surface area (TPSA) is 23.0 Å². The van der Waals surface area contributed by atoms with Gasteiger partial charge in [-0.2, -0.15) is 0 Å². The van der Waals surface area contributed by atoms with Crippen molar-refractivity contribution in [1.82, 2.24) is 9.13 Å². The number of aryl methyl sites for hydroxylation is 1. The van der Waals surface area contributed by atoms with Crippen LogP contribution in [0.4, 0.5) is 0 Å². The van der Waals surface area contributed by atoms with Crippen molar-refractivity contribution < 1.29 is 4.42 Å². The lowest BCUT2D eigenvalue weighted by molar-refractivity contribution is 0.669. The number of benzene rings is 7. The summed E-state index contributed by atoms with van der Waals surface area (Å²) in [7, 11) is 0. The van der Waals surface area contributed by atoms with Gasteiger partial charge in [-0.3, -0.25) is 0 Å². The average Bonchev–Trinajstić information content (AvgIpc) is 3.75. The molecule has 0 N–H and O–H groups in total. The van der Waals surface area contributed by atoms with E-state index in [2.05, 4.69) is 168 Å². The van der Waals surface area contributed by atoms with E-state index in [1.165, 1.54) is 60.3 Å². The van der Waals surface area contributed by atoms with Crippen molar-refractivity contribution in [3.05, 3.63) is 157 Å². The predicted molar refractivity (Wildman–Crippen MR) is 193 cm³/mol. The lowest BCUT2D eigenvalue weighted by Crippen LogP contribution is -1.94. The number of rotatable bonds is 3. The zero-order valence-electron chi connectivity index (χ0n) is 25.2. The van der Waals surface area contributed by atoms with E-state index in [4.69, 9.17) is 4.42 Å². The van der Waals surface area contributed by atoms with Gasteiger partial charge in [-0.15, -0.1) is 0 Å². The molecule has 3 heteroatoms. The van der Waals surface area contributed by atoms with Crippen molar-refractivity contribution >= 4 is 65.6 Å². The second-order valence-electron chi connectivity index (χ2n) is 12.2. The normalized spacial score (nSPS) is 12.0. The van der Waals surface area contributed by atoms with Crippen molar-refractivity contribution in [3.8, 4) is 22.5 Å². The second kappa shape index (κ2) is 9.47. The summed E-state index contributed by atoms with van der Waals surface area (Å²) in [6, 6.07) is 54.7. The molecule has 0 unspecified atom stereocenters. The fraction of sp³-hybridized carbons (Fsp3) is 0.0233. The van der Waals surface area contributed by atoms with Gasteiger partial charge in [0.1, 0.15) is 11.2 Å². The van der Waals surface area contributed by atoms with Crippen LogP contribution in [0.3, 0.4) is 0 Å². The molecule has 0 saturated heterocycles. The molecule has 7 aromatic carbocycles. The third kappa shape index (κ3) is 3.54. The van der Waals surface area contributed by atoms with Crippen LogP contribution >= 0.6 is 0 Å². The van der Waals surface area contributed by atoms with Crippen molar-refractivity contribution in [2.75, 3.05) is 0 Å². The molecule has 0 atom stereocenters. The molecule has 3 nitrogen and oxygen atoms in total. The maximum absolute atomic E-state index is 6.40. The molecule has 0 saturated carbocycles. The van der Waals surface area contributed by atoms with Gasteiger partial charge in [0.15, 0.2) is 0 Å². The zero-order chi connectivity index (χ0) is 30.4. The lowest BCUT2D eigenvalue weighted by Gasteiger charge is -2.10. The molecular weight excluding hydrogens is 560 g/mol. The highest BCUT2D eigenvalue weighted by atomic mass is 16.3. The van der Waals surface area contributed by atoms with Crippen molar-refractivity contribution in [3.63, 3.8) is 0 Å². The van der Waals surface area contributed by atoms with Crippen molar-refractivity contribution in [2.45, 2.75) is 6.92 Å². The quantitative estimate of drug-likeness (QED) is 0.201. The molecule has 10 aromatic rings. The van der Waals surface area contributed by atoms with Gasteiger partial charge >= 0.3 is 0 Å². The molecular formula is C43H28N2O. The van der Waals surface area contributed by atoms with E-state index in [9.17, 15) is 0 Å². The highest BCUT2D eigenvalue weighted by Crippen LogP contribution is 2.39. The van der Waals surface area contributed by atoms with Crippen LogP contribution in [0.1, 0.15) is 5.56 Å². The smallest absolute Gasteiger partial charge is 0.135 e. The number of hydrogen-bond donors (Lipinski definition) is 0. The summed E-state index contributed by atoms with van der Waals surface area (Å²) >= 11 is 0. The second-order valence-corrected chi connectivity index (χ2v) is 12.2. The van der Waals surface area contributed by atoms with Crippen LogP contribution in [0.15, 0.2) is 156 Å². The maximum Gasteiger partial charge on any atom is 0.135 e. The van der Waals surface area contributed by atoms with E-state index in [0.717, 1.165) is 33.3 Å². The SMILES string of the molecule is Cc1ccccc1-c1ccc2c(c1)c1ccccc1n2-c1ccc2oc3ccc(-n4c5ccccc5c5ccccc54)cc3c2c1. The summed E-state index contributed by atoms with van der Waals surface area (Å²) < 4.78 is 11.2. The van der Waals surface area contributed by atoms with Gasteiger partial charge < -0.3 is 13.6 Å². The summed E-state index contributed by atoms with van der Waals surface area (Å²) in [5.41, 5.74) is 12.6. The molecule has 0 aliphatic rings. The van der Waals surface area contributed by atoms with Gasteiger partial charge in [0.25, 0.3) is 0 Å². The van der Waals surface area contributed by atoms with Gasteiger partial charge in [-0.1, -0.05) is 84.9 Å². The first-order valence-electron chi connectivity index (χ1n) is 15.8. The predicted octanol–water partition coefficient (Wildman–Crippen LogP) is 11.8. The summed E-state index contributed by atoms with van der Waals surface area (Å²) in [4.78, 5) is 0. The molecule has 3 aromatic heterocycles. The lowest BCUT2D eigenvalue weighted by atomic mass is 9.99. The third-order valence-electron chi connectivity index (χ3n) is 9.66. The van der Waals surface area contributed by atoms with Gasteiger partial charge in [-0.25, -0.2) is 0 Å². The highest BCUT2D eigenvalue weighted by molar-refractivity contribution is 6.13. The first-order valence-corrected chi connectivity index (χ1v) is 15.8. The highest BCUT2D eigenvalue weighted by Gasteiger charge is 2.17. The van der Waals surface area contributed by atoms with Crippen LogP contribution in [-0.2, 0) is 0 Å². The van der Waals surface area contributed by atoms with Crippen molar-refractivity contribution in [2.24, 2.45) is 0 Å². The molecule has 3 heterocycles. The minimum Gasteiger partial charge on any atom is -0.456 e. The first-order chi connectivity index (χ1) is 22.7. The monoisotopic (exact) mass is 588 g/mol. The molecule has 0 aliphatic carbocycles. The number of nitrogens with zero attached hydrogens (tertiary/aromatic N) is 2. The van der Waals surface area contributed by atoms with E-state index in [-0.39, 0.29) is 0 Å². The molecule has 216 valence electrons. The van der Waals surface area contributed by atoms with E-state index in [1.807, 2.05) is 0 Å². The Balaban J connectivity index is 1.20. The number of furan rings is 1. The van der Waals surface area contributed by atoms with Gasteiger partial charge in [0.05, 0.1) is 22.1 Å². The van der Waals surface area contributed by atoms with Crippen LogP contribution in [0.2, 0.25) is 0 Å². The van der Waals surface area contributed by atoms with Gasteiger partial charge in [0, 0.05) is 43.7 Å². The Hall–Kier alpha value is -6.06. The number of hydrogen-bond acceptors (Lipinski definition) is 1. The van der Waals surface area contributed by atoms with Crippen LogP contribution in [-0.4, -0.2) is 9.13 Å². The Morgan fingerprint density at radius 2 is 0.870 bits per heavy atom. The fourth-order valence-electron chi connectivity index (χ4n) is 7.55. The standard InChI is InChI=1S/C43H28N2O/c1-27-10-2-3-11-31(27)28-18-21-41-35(24-28)34-14-6-9-17-40(34)45(41)30-20-23-43-37(26-30)36-25-29(19-22-42(36)46-43)44-38-15-7-4-12-32(38)33-13-5-8-16-39(33)44/h2-26H,1H3. The van der Waals surface area contributed by atoms with E-state index < -0.39 is 0 Å².